The van der Waals surface area contributed by atoms with Crippen molar-refractivity contribution in [3.05, 3.63) is 0 Å². The predicted octanol–water partition coefficient (Wildman–Crippen LogP) is 4.59. The molecule has 2 aliphatic rings. The highest BCUT2D eigenvalue weighted by Gasteiger charge is 2.48. The van der Waals surface area contributed by atoms with Crippen LogP contribution < -0.4 is 0 Å². The Morgan fingerprint density at radius 2 is 1.36 bits per heavy atom. The van der Waals surface area contributed by atoms with E-state index < -0.39 is 0 Å². The topological polar surface area (TPSA) is 0 Å². The van der Waals surface area contributed by atoms with Crippen LogP contribution in [-0.4, -0.2) is 4.75 Å². The summed E-state index contributed by atoms with van der Waals surface area (Å²) in [5.74, 6) is 0. The number of hydrogen-bond acceptors (Lipinski definition) is 1. The van der Waals surface area contributed by atoms with Crippen LogP contribution >= 0.6 is 12.6 Å². The van der Waals surface area contributed by atoms with Gasteiger partial charge in [-0.2, -0.15) is 12.6 Å². The van der Waals surface area contributed by atoms with E-state index in [2.05, 4.69) is 6.92 Å². The second-order valence-electron chi connectivity index (χ2n) is 5.43. The van der Waals surface area contributed by atoms with Crippen molar-refractivity contribution in [2.45, 2.75) is 75.9 Å². The molecule has 0 unspecified atom stereocenters. The van der Waals surface area contributed by atoms with Crippen molar-refractivity contribution in [3.8, 4) is 0 Å². The lowest BCUT2D eigenvalue weighted by Gasteiger charge is -2.48. The van der Waals surface area contributed by atoms with Crippen LogP contribution in [0.5, 0.6) is 0 Å². The van der Waals surface area contributed by atoms with Gasteiger partial charge in [-0.15, -0.1) is 0 Å². The quantitative estimate of drug-likeness (QED) is 0.636. The smallest absolute Gasteiger partial charge is 0.0186 e. The minimum Gasteiger partial charge on any atom is -0.172 e. The maximum atomic E-state index is 5.09. The lowest BCUT2D eigenvalue weighted by atomic mass is 9.63. The van der Waals surface area contributed by atoms with Crippen molar-refractivity contribution in [3.63, 3.8) is 0 Å². The van der Waals surface area contributed by atoms with Gasteiger partial charge in [0.1, 0.15) is 0 Å². The second-order valence-corrected chi connectivity index (χ2v) is 6.29. The standard InChI is InChI=1S/C13H24S/c1-2-12(8-4-3-5-9-12)13(14)10-6-7-11-13/h14H,2-11H2,1H3. The first-order chi connectivity index (χ1) is 6.72. The average molecular weight is 212 g/mol. The lowest BCUT2D eigenvalue weighted by molar-refractivity contribution is 0.119. The summed E-state index contributed by atoms with van der Waals surface area (Å²) in [5.41, 5.74) is 0.602. The molecule has 0 bridgehead atoms. The molecule has 2 fully saturated rings. The van der Waals surface area contributed by atoms with Gasteiger partial charge >= 0.3 is 0 Å². The molecular weight excluding hydrogens is 188 g/mol. The van der Waals surface area contributed by atoms with Crippen LogP contribution in [0.3, 0.4) is 0 Å². The first-order valence-electron chi connectivity index (χ1n) is 6.45. The molecule has 0 heterocycles. The van der Waals surface area contributed by atoms with Gasteiger partial charge in [0.15, 0.2) is 0 Å². The molecule has 14 heavy (non-hydrogen) atoms. The zero-order chi connectivity index (χ0) is 10.1. The molecule has 2 aliphatic carbocycles. The Labute approximate surface area is 94.3 Å². The maximum Gasteiger partial charge on any atom is 0.0186 e. The monoisotopic (exact) mass is 212 g/mol. The van der Waals surface area contributed by atoms with E-state index in [1.165, 1.54) is 64.2 Å². The molecule has 0 saturated heterocycles. The second kappa shape index (κ2) is 4.08. The molecule has 0 nitrogen and oxygen atoms in total. The molecule has 2 rings (SSSR count). The largest absolute Gasteiger partial charge is 0.172 e. The molecule has 0 N–H and O–H groups in total. The van der Waals surface area contributed by atoms with E-state index in [-0.39, 0.29) is 0 Å². The first kappa shape index (κ1) is 10.9. The van der Waals surface area contributed by atoms with Crippen LogP contribution in [0.15, 0.2) is 0 Å². The van der Waals surface area contributed by atoms with E-state index in [1.807, 2.05) is 0 Å². The van der Waals surface area contributed by atoms with Crippen molar-refractivity contribution in [2.24, 2.45) is 5.41 Å². The summed E-state index contributed by atoms with van der Waals surface area (Å²) in [4.78, 5) is 0. The summed E-state index contributed by atoms with van der Waals surface area (Å²) in [6, 6.07) is 0. The SMILES string of the molecule is CCC1(C2(S)CCCC2)CCCCC1. The fraction of sp³-hybridized carbons (Fsp3) is 1.00. The van der Waals surface area contributed by atoms with Crippen molar-refractivity contribution in [1.29, 1.82) is 0 Å². The Kier molecular flexibility index (Phi) is 3.16. The molecule has 1 heteroatoms. The van der Waals surface area contributed by atoms with E-state index in [0.717, 1.165) is 0 Å². The van der Waals surface area contributed by atoms with Gasteiger partial charge in [0, 0.05) is 4.75 Å². The molecule has 0 aromatic carbocycles. The fourth-order valence-corrected chi connectivity index (χ4v) is 4.56. The highest BCUT2D eigenvalue weighted by Crippen LogP contribution is 2.57. The van der Waals surface area contributed by atoms with Crippen LogP contribution in [0.4, 0.5) is 0 Å². The third-order valence-electron chi connectivity index (χ3n) is 4.91. The van der Waals surface area contributed by atoms with Gasteiger partial charge in [-0.25, -0.2) is 0 Å². The molecule has 0 aromatic heterocycles. The molecular formula is C13H24S. The molecule has 0 amide bonds. The summed E-state index contributed by atoms with van der Waals surface area (Å²) >= 11 is 5.09. The summed E-state index contributed by atoms with van der Waals surface area (Å²) < 4.78 is 0.405. The van der Waals surface area contributed by atoms with Crippen molar-refractivity contribution < 1.29 is 0 Å². The minimum atomic E-state index is 0.405. The highest BCUT2D eigenvalue weighted by molar-refractivity contribution is 7.81. The fourth-order valence-electron chi connectivity index (χ4n) is 3.87. The Morgan fingerprint density at radius 1 is 0.857 bits per heavy atom. The van der Waals surface area contributed by atoms with Crippen LogP contribution in [0, 0.1) is 5.41 Å². The zero-order valence-electron chi connectivity index (χ0n) is 9.52. The van der Waals surface area contributed by atoms with Gasteiger partial charge < -0.3 is 0 Å². The Morgan fingerprint density at radius 3 is 1.86 bits per heavy atom. The molecule has 82 valence electrons. The third kappa shape index (κ3) is 1.62. The molecule has 0 radical (unpaired) electrons. The van der Waals surface area contributed by atoms with Gasteiger partial charge in [-0.3, -0.25) is 0 Å². The first-order valence-corrected chi connectivity index (χ1v) is 6.90. The van der Waals surface area contributed by atoms with E-state index in [9.17, 15) is 0 Å². The van der Waals surface area contributed by atoms with Gasteiger partial charge in [0.25, 0.3) is 0 Å². The molecule has 0 aliphatic heterocycles. The van der Waals surface area contributed by atoms with Crippen LogP contribution in [-0.2, 0) is 0 Å². The Balaban J connectivity index is 2.16. The number of hydrogen-bond donors (Lipinski definition) is 1. The van der Waals surface area contributed by atoms with Gasteiger partial charge in [0.05, 0.1) is 0 Å². The van der Waals surface area contributed by atoms with Gasteiger partial charge in [0.2, 0.25) is 0 Å². The summed E-state index contributed by atoms with van der Waals surface area (Å²) in [7, 11) is 0. The lowest BCUT2D eigenvalue weighted by Crippen LogP contribution is -2.43. The van der Waals surface area contributed by atoms with Crippen LogP contribution in [0.1, 0.15) is 71.1 Å². The molecule has 2 saturated carbocycles. The van der Waals surface area contributed by atoms with Crippen molar-refractivity contribution >= 4 is 12.6 Å². The third-order valence-corrected chi connectivity index (χ3v) is 5.83. The number of rotatable bonds is 2. The average Bonchev–Trinajstić information content (AvgIpc) is 2.68. The van der Waals surface area contributed by atoms with E-state index in [0.29, 0.717) is 10.2 Å². The van der Waals surface area contributed by atoms with E-state index in [4.69, 9.17) is 12.6 Å². The van der Waals surface area contributed by atoms with Gasteiger partial charge in [-0.1, -0.05) is 39.0 Å². The van der Waals surface area contributed by atoms with E-state index >= 15 is 0 Å². The van der Waals surface area contributed by atoms with Crippen LogP contribution in [0.25, 0.3) is 0 Å². The number of thiol groups is 1. The molecule has 0 spiro atoms. The maximum absolute atomic E-state index is 5.09. The van der Waals surface area contributed by atoms with Crippen molar-refractivity contribution in [2.75, 3.05) is 0 Å². The predicted molar refractivity (Wildman–Crippen MR) is 66.0 cm³/mol. The zero-order valence-corrected chi connectivity index (χ0v) is 10.4. The van der Waals surface area contributed by atoms with Gasteiger partial charge in [-0.05, 0) is 37.5 Å². The van der Waals surface area contributed by atoms with Crippen LogP contribution in [0.2, 0.25) is 0 Å². The Bertz CT molecular complexity index is 185. The normalized spacial score (nSPS) is 30.4. The minimum absolute atomic E-state index is 0.405. The molecule has 0 aromatic rings. The molecule has 0 atom stereocenters. The van der Waals surface area contributed by atoms with E-state index in [1.54, 1.807) is 0 Å². The summed E-state index contributed by atoms with van der Waals surface area (Å²) in [6.45, 7) is 2.39. The Hall–Kier alpha value is 0.350. The summed E-state index contributed by atoms with van der Waals surface area (Å²) in [5, 5.41) is 0. The summed E-state index contributed by atoms with van der Waals surface area (Å²) in [6.07, 6.45) is 14.2. The highest BCUT2D eigenvalue weighted by atomic mass is 32.1. The van der Waals surface area contributed by atoms with Crippen molar-refractivity contribution in [1.82, 2.24) is 0 Å².